The molecule has 1 aromatic carbocycles. The van der Waals surface area contributed by atoms with Crippen molar-refractivity contribution >= 4 is 40.7 Å². The molecule has 4 rings (SSSR count). The van der Waals surface area contributed by atoms with E-state index >= 15 is 0 Å². The van der Waals surface area contributed by atoms with Gasteiger partial charge in [-0.15, -0.1) is 11.3 Å². The number of thioether (sulfide) groups is 1. The number of carbonyl (C=O) groups excluding carboxylic acids is 2. The van der Waals surface area contributed by atoms with Gasteiger partial charge in [-0.2, -0.15) is 0 Å². The molecule has 0 aliphatic heterocycles. The molecule has 10 heteroatoms. The first-order valence-electron chi connectivity index (χ1n) is 10.4. The van der Waals surface area contributed by atoms with Crippen LogP contribution in [0.5, 0.6) is 0 Å². The molecule has 3 aromatic heterocycles. The van der Waals surface area contributed by atoms with Gasteiger partial charge in [-0.1, -0.05) is 35.1 Å². The SMILES string of the molecule is Cc1cc(CSc2ncccc2C(=O)OCc2csc(CC(=O)Nc3ccccc3C)n2)no1. The monoisotopic (exact) mass is 494 g/mol. The lowest BCUT2D eigenvalue weighted by molar-refractivity contribution is -0.115. The Kier molecular flexibility index (Phi) is 7.71. The molecule has 0 saturated carbocycles. The number of amides is 1. The third kappa shape index (κ3) is 6.30. The number of hydrogen-bond acceptors (Lipinski definition) is 9. The summed E-state index contributed by atoms with van der Waals surface area (Å²) in [5.74, 6) is 0.617. The number of carbonyl (C=O) groups is 2. The summed E-state index contributed by atoms with van der Waals surface area (Å²) >= 11 is 2.74. The van der Waals surface area contributed by atoms with Crippen LogP contribution >= 0.6 is 23.1 Å². The zero-order valence-electron chi connectivity index (χ0n) is 18.6. The number of thiazole rings is 1. The van der Waals surface area contributed by atoms with Crippen LogP contribution in [0.4, 0.5) is 5.69 Å². The Morgan fingerprint density at radius 3 is 2.79 bits per heavy atom. The molecule has 8 nitrogen and oxygen atoms in total. The van der Waals surface area contributed by atoms with Crippen molar-refractivity contribution in [2.45, 2.75) is 37.7 Å². The number of esters is 1. The molecule has 1 amide bonds. The Bertz CT molecular complexity index is 1300. The van der Waals surface area contributed by atoms with Gasteiger partial charge in [0, 0.05) is 29.1 Å². The Balaban J connectivity index is 1.31. The Hall–Kier alpha value is -3.50. The number of pyridine rings is 1. The third-order valence-corrected chi connectivity index (χ3v) is 6.64. The zero-order valence-corrected chi connectivity index (χ0v) is 20.2. The van der Waals surface area contributed by atoms with Crippen LogP contribution in [0.25, 0.3) is 0 Å². The first-order chi connectivity index (χ1) is 16.5. The fourth-order valence-electron chi connectivity index (χ4n) is 3.05. The van der Waals surface area contributed by atoms with Gasteiger partial charge in [-0.05, 0) is 37.6 Å². The lowest BCUT2D eigenvalue weighted by atomic mass is 10.2. The summed E-state index contributed by atoms with van der Waals surface area (Å²) in [4.78, 5) is 33.7. The predicted molar refractivity (Wildman–Crippen MR) is 130 cm³/mol. The van der Waals surface area contributed by atoms with E-state index in [9.17, 15) is 9.59 Å². The molecule has 34 heavy (non-hydrogen) atoms. The number of benzene rings is 1. The number of nitrogens with one attached hydrogen (secondary N) is 1. The standard InChI is InChI=1S/C24H22N4O4S2/c1-15-6-3-4-8-20(15)27-21(29)11-22-26-18(14-33-22)12-31-24(30)19-7-5-9-25-23(19)34-13-17-10-16(2)32-28-17/h3-10,14H,11-13H2,1-2H3,(H,27,29). The molecule has 0 radical (unpaired) electrons. The van der Waals surface area contributed by atoms with E-state index < -0.39 is 5.97 Å². The van der Waals surface area contributed by atoms with Crippen molar-refractivity contribution in [1.82, 2.24) is 15.1 Å². The second-order valence-electron chi connectivity index (χ2n) is 7.42. The molecule has 0 aliphatic rings. The van der Waals surface area contributed by atoms with Gasteiger partial charge in [0.05, 0.1) is 23.4 Å². The number of aryl methyl sites for hydroxylation is 2. The average Bonchev–Trinajstić information content (AvgIpc) is 3.46. The van der Waals surface area contributed by atoms with E-state index in [0.29, 0.717) is 27.0 Å². The van der Waals surface area contributed by atoms with Gasteiger partial charge < -0.3 is 14.6 Å². The highest BCUT2D eigenvalue weighted by atomic mass is 32.2. The minimum atomic E-state index is -0.487. The molecule has 0 saturated heterocycles. The summed E-state index contributed by atoms with van der Waals surface area (Å²) in [6.45, 7) is 3.77. The first-order valence-corrected chi connectivity index (χ1v) is 12.3. The molecule has 1 N–H and O–H groups in total. The van der Waals surface area contributed by atoms with E-state index in [4.69, 9.17) is 9.26 Å². The summed E-state index contributed by atoms with van der Waals surface area (Å²) in [6, 6.07) is 12.8. The summed E-state index contributed by atoms with van der Waals surface area (Å²) in [5.41, 5.74) is 3.51. The van der Waals surface area contributed by atoms with Gasteiger partial charge in [0.25, 0.3) is 0 Å². The zero-order chi connectivity index (χ0) is 23.9. The summed E-state index contributed by atoms with van der Waals surface area (Å²) < 4.78 is 10.5. The maximum atomic E-state index is 12.7. The molecule has 0 atom stereocenters. The van der Waals surface area contributed by atoms with Crippen LogP contribution in [0, 0.1) is 13.8 Å². The second kappa shape index (κ2) is 11.1. The van der Waals surface area contributed by atoms with Crippen molar-refractivity contribution in [3.63, 3.8) is 0 Å². The van der Waals surface area contributed by atoms with Crippen LogP contribution in [-0.4, -0.2) is 27.0 Å². The van der Waals surface area contributed by atoms with Gasteiger partial charge in [-0.3, -0.25) is 4.79 Å². The van der Waals surface area contributed by atoms with Gasteiger partial charge in [0.15, 0.2) is 0 Å². The van der Waals surface area contributed by atoms with Gasteiger partial charge >= 0.3 is 5.97 Å². The molecule has 0 aliphatic carbocycles. The van der Waals surface area contributed by atoms with Gasteiger partial charge in [-0.25, -0.2) is 14.8 Å². The van der Waals surface area contributed by atoms with Crippen LogP contribution in [0.15, 0.2) is 63.6 Å². The fourth-order valence-corrected chi connectivity index (χ4v) is 4.69. The second-order valence-corrected chi connectivity index (χ2v) is 9.33. The average molecular weight is 495 g/mol. The van der Waals surface area contributed by atoms with Crippen LogP contribution in [0.1, 0.15) is 38.1 Å². The van der Waals surface area contributed by atoms with Crippen LogP contribution in [-0.2, 0) is 28.3 Å². The maximum absolute atomic E-state index is 12.7. The van der Waals surface area contributed by atoms with Crippen LogP contribution in [0.3, 0.4) is 0 Å². The molecular weight excluding hydrogens is 472 g/mol. The normalized spacial score (nSPS) is 10.8. The van der Waals surface area contributed by atoms with E-state index in [2.05, 4.69) is 20.4 Å². The Morgan fingerprint density at radius 1 is 1.15 bits per heavy atom. The molecule has 0 unspecified atom stereocenters. The first kappa shape index (κ1) is 23.7. The molecule has 0 fully saturated rings. The highest BCUT2D eigenvalue weighted by Crippen LogP contribution is 2.25. The van der Waals surface area contributed by atoms with E-state index in [-0.39, 0.29) is 18.9 Å². The van der Waals surface area contributed by atoms with Crippen LogP contribution < -0.4 is 5.32 Å². The van der Waals surface area contributed by atoms with Crippen molar-refractivity contribution in [2.75, 3.05) is 5.32 Å². The number of para-hydroxylation sites is 1. The smallest absolute Gasteiger partial charge is 0.341 e. The summed E-state index contributed by atoms with van der Waals surface area (Å²) in [7, 11) is 0. The van der Waals surface area contributed by atoms with E-state index in [1.807, 2.05) is 44.2 Å². The molecular formula is C24H22N4O4S2. The number of rotatable bonds is 9. The number of aromatic nitrogens is 3. The maximum Gasteiger partial charge on any atom is 0.341 e. The van der Waals surface area contributed by atoms with Crippen molar-refractivity contribution < 1.29 is 18.8 Å². The molecule has 3 heterocycles. The molecule has 0 bridgehead atoms. The lowest BCUT2D eigenvalue weighted by Gasteiger charge is -2.07. The quantitative estimate of drug-likeness (QED) is 0.257. The number of nitrogens with zero attached hydrogens (tertiary/aromatic N) is 3. The predicted octanol–water partition coefficient (Wildman–Crippen LogP) is 4.97. The summed E-state index contributed by atoms with van der Waals surface area (Å²) in [5, 5.41) is 9.84. The van der Waals surface area contributed by atoms with Crippen molar-refractivity contribution in [3.05, 3.63) is 87.3 Å². The van der Waals surface area contributed by atoms with Crippen molar-refractivity contribution in [3.8, 4) is 0 Å². The lowest BCUT2D eigenvalue weighted by Crippen LogP contribution is -2.15. The summed E-state index contributed by atoms with van der Waals surface area (Å²) in [6.07, 6.45) is 1.78. The Morgan fingerprint density at radius 2 is 2.00 bits per heavy atom. The van der Waals surface area contributed by atoms with Crippen molar-refractivity contribution in [1.29, 1.82) is 0 Å². The molecule has 174 valence electrons. The highest BCUT2D eigenvalue weighted by Gasteiger charge is 2.16. The van der Waals surface area contributed by atoms with E-state index in [1.165, 1.54) is 23.1 Å². The molecule has 4 aromatic rings. The fraction of sp³-hybridized carbons (Fsp3) is 0.208. The number of hydrogen-bond donors (Lipinski definition) is 1. The third-order valence-electron chi connectivity index (χ3n) is 4.71. The minimum Gasteiger partial charge on any atom is -0.455 e. The van der Waals surface area contributed by atoms with Crippen LogP contribution in [0.2, 0.25) is 0 Å². The Labute approximate surface area is 204 Å². The largest absolute Gasteiger partial charge is 0.455 e. The highest BCUT2D eigenvalue weighted by molar-refractivity contribution is 7.98. The minimum absolute atomic E-state index is 0.0101. The van der Waals surface area contributed by atoms with Crippen molar-refractivity contribution in [2.24, 2.45) is 0 Å². The molecule has 0 spiro atoms. The number of anilines is 1. The van der Waals surface area contributed by atoms with E-state index in [0.717, 1.165) is 22.7 Å². The van der Waals surface area contributed by atoms with Gasteiger partial charge in [0.2, 0.25) is 5.91 Å². The van der Waals surface area contributed by atoms with Gasteiger partial charge in [0.1, 0.15) is 22.4 Å². The number of ether oxygens (including phenoxy) is 1. The van der Waals surface area contributed by atoms with E-state index in [1.54, 1.807) is 23.7 Å². The topological polar surface area (TPSA) is 107 Å².